The van der Waals surface area contributed by atoms with Crippen molar-refractivity contribution in [2.24, 2.45) is 0 Å². The molecule has 1 aromatic carbocycles. The largest absolute Gasteiger partial charge is 0.478 e. The number of carboxylic acid groups (broad SMARTS) is 1. The molecule has 0 unspecified atom stereocenters. The number of hydrogen-bond donors (Lipinski definition) is 2. The highest BCUT2D eigenvalue weighted by Crippen LogP contribution is 2.36. The van der Waals surface area contributed by atoms with E-state index in [9.17, 15) is 29.8 Å². The monoisotopic (exact) mass is 324 g/mol. The van der Waals surface area contributed by atoms with E-state index >= 15 is 0 Å². The molecular formula is C13H12N2O8. The molecular weight excluding hydrogens is 312 g/mol. The quantitative estimate of drug-likeness (QED) is 0.330. The highest BCUT2D eigenvalue weighted by molar-refractivity contribution is 6.14. The number of nitro groups is 2. The normalized spacial score (nSPS) is 10.2. The number of allylic oxidation sites excluding steroid dienone is 1. The van der Waals surface area contributed by atoms with Gasteiger partial charge in [-0.05, 0) is 12.5 Å². The van der Waals surface area contributed by atoms with Crippen LogP contribution in [0.4, 0.5) is 11.4 Å². The second kappa shape index (κ2) is 6.75. The third-order valence-corrected chi connectivity index (χ3v) is 2.97. The molecule has 0 aliphatic carbocycles. The lowest BCUT2D eigenvalue weighted by atomic mass is 9.93. The van der Waals surface area contributed by atoms with Crippen molar-refractivity contribution < 1.29 is 29.6 Å². The second-order valence-electron chi connectivity index (χ2n) is 4.55. The summed E-state index contributed by atoms with van der Waals surface area (Å²) in [5, 5.41) is 40.6. The van der Waals surface area contributed by atoms with Crippen LogP contribution in [0.5, 0.6) is 0 Å². The minimum absolute atomic E-state index is 0.186. The number of ketones is 1. The molecule has 0 fully saturated rings. The van der Waals surface area contributed by atoms with Crippen molar-refractivity contribution in [3.63, 3.8) is 0 Å². The Balaban J connectivity index is 4.05. The third-order valence-electron chi connectivity index (χ3n) is 2.97. The predicted octanol–water partition coefficient (Wildman–Crippen LogP) is 1.49. The van der Waals surface area contributed by atoms with Crippen LogP contribution in [0.1, 0.15) is 33.2 Å². The molecule has 0 bridgehead atoms. The van der Waals surface area contributed by atoms with Gasteiger partial charge in [-0.3, -0.25) is 25.0 Å². The van der Waals surface area contributed by atoms with Gasteiger partial charge in [0, 0.05) is 24.7 Å². The fraction of sp³-hybridized carbons (Fsp3) is 0.231. The average Bonchev–Trinajstić information content (AvgIpc) is 2.44. The number of Topliss-reactive ketones (excluding diaryl/α,β-unsaturated/α-hetero) is 1. The Morgan fingerprint density at radius 3 is 2.17 bits per heavy atom. The maximum atomic E-state index is 12.1. The number of carbonyl (C=O) groups is 2. The van der Waals surface area contributed by atoms with Crippen molar-refractivity contribution in [3.05, 3.63) is 55.1 Å². The number of carbonyl (C=O) groups excluding carboxylic acids is 1. The van der Waals surface area contributed by atoms with Crippen molar-refractivity contribution in [2.75, 3.05) is 6.61 Å². The molecule has 2 N–H and O–H groups in total. The van der Waals surface area contributed by atoms with Crippen LogP contribution in [0.25, 0.3) is 0 Å². The third kappa shape index (κ3) is 3.37. The molecule has 10 heteroatoms. The number of nitro benzene ring substituents is 2. The Bertz CT molecular complexity index is 738. The van der Waals surface area contributed by atoms with E-state index in [1.54, 1.807) is 0 Å². The zero-order chi connectivity index (χ0) is 17.9. The maximum absolute atomic E-state index is 12.1. The Hall–Kier alpha value is -3.14. The molecule has 1 aromatic rings. The summed E-state index contributed by atoms with van der Waals surface area (Å²) in [6.07, 6.45) is -0.452. The first-order valence-electron chi connectivity index (χ1n) is 6.16. The van der Waals surface area contributed by atoms with Gasteiger partial charge in [-0.15, -0.1) is 0 Å². The highest BCUT2D eigenvalue weighted by atomic mass is 16.6. The minimum Gasteiger partial charge on any atom is -0.478 e. The number of carboxylic acids is 1. The lowest BCUT2D eigenvalue weighted by Gasteiger charge is -2.10. The fourth-order valence-corrected chi connectivity index (χ4v) is 2.03. The molecule has 0 spiro atoms. The Morgan fingerprint density at radius 1 is 1.26 bits per heavy atom. The zero-order valence-corrected chi connectivity index (χ0v) is 11.9. The molecule has 1 rings (SSSR count). The summed E-state index contributed by atoms with van der Waals surface area (Å²) >= 11 is 0. The summed E-state index contributed by atoms with van der Waals surface area (Å²) in [7, 11) is 0. The topological polar surface area (TPSA) is 161 Å². The van der Waals surface area contributed by atoms with Crippen molar-refractivity contribution in [3.8, 4) is 0 Å². The Kier molecular flexibility index (Phi) is 5.25. The smallest absolute Gasteiger partial charge is 0.336 e. The van der Waals surface area contributed by atoms with Gasteiger partial charge < -0.3 is 10.2 Å². The molecule has 122 valence electrons. The molecule has 0 radical (unpaired) electrons. The van der Waals surface area contributed by atoms with Crippen LogP contribution in [-0.4, -0.2) is 38.4 Å². The maximum Gasteiger partial charge on any atom is 0.336 e. The fourth-order valence-electron chi connectivity index (χ4n) is 2.03. The van der Waals surface area contributed by atoms with Crippen LogP contribution in [-0.2, 0) is 6.42 Å². The van der Waals surface area contributed by atoms with Crippen LogP contribution in [0, 0.1) is 20.2 Å². The molecule has 0 heterocycles. The second-order valence-corrected chi connectivity index (χ2v) is 4.55. The van der Waals surface area contributed by atoms with E-state index in [2.05, 4.69) is 6.58 Å². The molecule has 23 heavy (non-hydrogen) atoms. The molecule has 0 saturated carbocycles. The highest BCUT2D eigenvalue weighted by Gasteiger charge is 2.37. The van der Waals surface area contributed by atoms with Gasteiger partial charge in [0.05, 0.1) is 15.4 Å². The summed E-state index contributed by atoms with van der Waals surface area (Å²) in [5.74, 6) is -2.69. The Labute approximate surface area is 129 Å². The van der Waals surface area contributed by atoms with Crippen LogP contribution >= 0.6 is 0 Å². The summed E-state index contributed by atoms with van der Waals surface area (Å²) in [5.41, 5.74) is -4.20. The number of aliphatic hydroxyl groups excluding tert-OH is 1. The summed E-state index contributed by atoms with van der Waals surface area (Å²) in [4.78, 5) is 43.7. The van der Waals surface area contributed by atoms with Gasteiger partial charge in [0.1, 0.15) is 0 Å². The standard InChI is InChI=1S/C13H12N2O8/c1-6(2)12(17)10-9(14(20)21)5-8(13(18)19)7(3-4-16)11(10)15(22)23/h5,16H,1,3-4H2,2H3,(H,18,19). The van der Waals surface area contributed by atoms with Crippen molar-refractivity contribution in [1.29, 1.82) is 0 Å². The number of hydrogen-bond acceptors (Lipinski definition) is 7. The number of aromatic carboxylic acids is 1. The van der Waals surface area contributed by atoms with Gasteiger partial charge in [0.2, 0.25) is 5.78 Å². The van der Waals surface area contributed by atoms with Crippen molar-refractivity contribution in [1.82, 2.24) is 0 Å². The van der Waals surface area contributed by atoms with E-state index in [-0.39, 0.29) is 5.57 Å². The summed E-state index contributed by atoms with van der Waals surface area (Å²) < 4.78 is 0. The van der Waals surface area contributed by atoms with Gasteiger partial charge in [0.15, 0.2) is 5.56 Å². The average molecular weight is 324 g/mol. The van der Waals surface area contributed by atoms with Crippen LogP contribution in [0.3, 0.4) is 0 Å². The van der Waals surface area contributed by atoms with Gasteiger partial charge in [0.25, 0.3) is 11.4 Å². The van der Waals surface area contributed by atoms with Gasteiger partial charge in [-0.2, -0.15) is 0 Å². The molecule has 0 saturated heterocycles. The lowest BCUT2D eigenvalue weighted by molar-refractivity contribution is -0.395. The molecule has 0 aliphatic heterocycles. The van der Waals surface area contributed by atoms with Crippen molar-refractivity contribution >= 4 is 23.1 Å². The first-order chi connectivity index (χ1) is 10.6. The number of aliphatic hydroxyl groups is 1. The summed E-state index contributed by atoms with van der Waals surface area (Å²) in [6, 6.07) is 0.580. The van der Waals surface area contributed by atoms with E-state index in [1.807, 2.05) is 0 Å². The minimum atomic E-state index is -1.64. The van der Waals surface area contributed by atoms with Crippen LogP contribution in [0.15, 0.2) is 18.2 Å². The first kappa shape index (κ1) is 17.9. The lowest BCUT2D eigenvalue weighted by Crippen LogP contribution is -2.15. The van der Waals surface area contributed by atoms with E-state index in [0.29, 0.717) is 6.07 Å². The zero-order valence-electron chi connectivity index (χ0n) is 11.9. The van der Waals surface area contributed by atoms with Crippen LogP contribution in [0.2, 0.25) is 0 Å². The SMILES string of the molecule is C=C(C)C(=O)c1c([N+](=O)[O-])cc(C(=O)O)c(CCO)c1[N+](=O)[O-]. The molecule has 0 aliphatic rings. The number of benzene rings is 1. The van der Waals surface area contributed by atoms with E-state index in [0.717, 1.165) is 0 Å². The van der Waals surface area contributed by atoms with Crippen LogP contribution < -0.4 is 0 Å². The van der Waals surface area contributed by atoms with Gasteiger partial charge >= 0.3 is 5.97 Å². The molecule has 0 atom stereocenters. The van der Waals surface area contributed by atoms with E-state index < -0.39 is 62.7 Å². The molecule has 0 amide bonds. The first-order valence-corrected chi connectivity index (χ1v) is 6.16. The predicted molar refractivity (Wildman–Crippen MR) is 76.6 cm³/mol. The number of nitrogens with zero attached hydrogens (tertiary/aromatic N) is 2. The Morgan fingerprint density at radius 2 is 1.83 bits per heavy atom. The van der Waals surface area contributed by atoms with Crippen molar-refractivity contribution in [2.45, 2.75) is 13.3 Å². The summed E-state index contributed by atoms with van der Waals surface area (Å²) in [6.45, 7) is 3.88. The molecule has 0 aromatic heterocycles. The van der Waals surface area contributed by atoms with Gasteiger partial charge in [-0.1, -0.05) is 6.58 Å². The number of rotatable bonds is 7. The van der Waals surface area contributed by atoms with E-state index in [4.69, 9.17) is 10.2 Å². The van der Waals surface area contributed by atoms with E-state index in [1.165, 1.54) is 6.92 Å². The van der Waals surface area contributed by atoms with Gasteiger partial charge in [-0.25, -0.2) is 4.79 Å². The molecule has 10 nitrogen and oxygen atoms in total.